The first kappa shape index (κ1) is 19.0. The number of aromatic nitrogens is 2. The largest absolute Gasteiger partial charge is 0.427 e. The van der Waals surface area contributed by atoms with Crippen LogP contribution in [0.5, 0.6) is 17.5 Å². The van der Waals surface area contributed by atoms with Gasteiger partial charge in [-0.15, -0.1) is 0 Å². The Morgan fingerprint density at radius 1 is 0.893 bits per heavy atom. The zero-order chi connectivity index (χ0) is 20.1. The van der Waals surface area contributed by atoms with Gasteiger partial charge in [0.25, 0.3) is 5.91 Å². The maximum atomic E-state index is 12.5. The van der Waals surface area contributed by atoms with Crippen LogP contribution in [0.2, 0.25) is 0 Å². The molecule has 7 nitrogen and oxygen atoms in total. The minimum atomic E-state index is -0.448. The van der Waals surface area contributed by atoms with E-state index >= 15 is 0 Å². The molecule has 0 saturated heterocycles. The number of rotatable bonds is 5. The fourth-order valence-electron chi connectivity index (χ4n) is 2.55. The standard InChI is InChI=1S/C21H19N3O4/c1-13-10-14(2)23-21(22-13)28-19-9-5-7-17(12-19)24-20(26)16-6-4-8-18(11-16)27-15(3)25/h4-12H,1-3H3,(H,24,26). The van der Waals surface area contributed by atoms with Crippen molar-refractivity contribution in [3.8, 4) is 17.5 Å². The van der Waals surface area contributed by atoms with Crippen molar-refractivity contribution in [3.05, 3.63) is 71.5 Å². The van der Waals surface area contributed by atoms with Crippen LogP contribution in [0, 0.1) is 13.8 Å². The monoisotopic (exact) mass is 377 g/mol. The second-order valence-corrected chi connectivity index (χ2v) is 6.14. The van der Waals surface area contributed by atoms with Gasteiger partial charge in [-0.2, -0.15) is 0 Å². The molecule has 0 aliphatic heterocycles. The summed E-state index contributed by atoms with van der Waals surface area (Å²) in [4.78, 5) is 32.0. The lowest BCUT2D eigenvalue weighted by atomic mass is 10.2. The molecule has 0 atom stereocenters. The van der Waals surface area contributed by atoms with Crippen molar-refractivity contribution in [2.45, 2.75) is 20.8 Å². The number of nitrogens with zero attached hydrogens (tertiary/aromatic N) is 2. The van der Waals surface area contributed by atoms with Gasteiger partial charge in [0.1, 0.15) is 11.5 Å². The fraction of sp³-hybridized carbons (Fsp3) is 0.143. The summed E-state index contributed by atoms with van der Waals surface area (Å²) in [5, 5.41) is 2.79. The van der Waals surface area contributed by atoms with Crippen LogP contribution in [0.1, 0.15) is 28.7 Å². The predicted molar refractivity (Wildman–Crippen MR) is 104 cm³/mol. The highest BCUT2D eigenvalue weighted by Crippen LogP contribution is 2.23. The SMILES string of the molecule is CC(=O)Oc1cccc(C(=O)Nc2cccc(Oc3nc(C)cc(C)n3)c2)c1. The first-order valence-electron chi connectivity index (χ1n) is 8.59. The number of ether oxygens (including phenoxy) is 2. The van der Waals surface area contributed by atoms with E-state index < -0.39 is 5.97 Å². The maximum Gasteiger partial charge on any atom is 0.322 e. The molecular weight excluding hydrogens is 358 g/mol. The van der Waals surface area contributed by atoms with Crippen molar-refractivity contribution >= 4 is 17.6 Å². The summed E-state index contributed by atoms with van der Waals surface area (Å²) in [7, 11) is 0. The van der Waals surface area contributed by atoms with Gasteiger partial charge >= 0.3 is 12.0 Å². The number of anilines is 1. The van der Waals surface area contributed by atoms with E-state index in [1.54, 1.807) is 42.5 Å². The highest BCUT2D eigenvalue weighted by molar-refractivity contribution is 6.04. The average Bonchev–Trinajstić information content (AvgIpc) is 2.61. The van der Waals surface area contributed by atoms with Crippen molar-refractivity contribution in [3.63, 3.8) is 0 Å². The van der Waals surface area contributed by atoms with Crippen LogP contribution in [0.15, 0.2) is 54.6 Å². The number of carbonyl (C=O) groups excluding carboxylic acids is 2. The van der Waals surface area contributed by atoms with Gasteiger partial charge in [0, 0.05) is 35.6 Å². The van der Waals surface area contributed by atoms with E-state index in [2.05, 4.69) is 15.3 Å². The second kappa shape index (κ2) is 8.30. The quantitative estimate of drug-likeness (QED) is 0.533. The lowest BCUT2D eigenvalue weighted by Gasteiger charge is -2.09. The Balaban J connectivity index is 1.73. The smallest absolute Gasteiger partial charge is 0.322 e. The third-order valence-corrected chi connectivity index (χ3v) is 3.62. The topological polar surface area (TPSA) is 90.4 Å². The zero-order valence-corrected chi connectivity index (χ0v) is 15.7. The van der Waals surface area contributed by atoms with E-state index in [0.29, 0.717) is 22.7 Å². The Morgan fingerprint density at radius 2 is 1.57 bits per heavy atom. The van der Waals surface area contributed by atoms with Gasteiger partial charge in [-0.25, -0.2) is 9.97 Å². The number of aryl methyl sites for hydroxylation is 2. The molecule has 3 aromatic rings. The molecule has 1 amide bonds. The summed E-state index contributed by atoms with van der Waals surface area (Å²) < 4.78 is 10.7. The fourth-order valence-corrected chi connectivity index (χ4v) is 2.55. The third-order valence-electron chi connectivity index (χ3n) is 3.62. The second-order valence-electron chi connectivity index (χ2n) is 6.14. The molecule has 0 aliphatic rings. The van der Waals surface area contributed by atoms with Crippen molar-refractivity contribution in [1.29, 1.82) is 0 Å². The van der Waals surface area contributed by atoms with Gasteiger partial charge in [0.05, 0.1) is 0 Å². The lowest BCUT2D eigenvalue weighted by molar-refractivity contribution is -0.131. The van der Waals surface area contributed by atoms with Gasteiger partial charge in [-0.05, 0) is 50.2 Å². The lowest BCUT2D eigenvalue weighted by Crippen LogP contribution is -2.12. The molecule has 0 radical (unpaired) electrons. The van der Waals surface area contributed by atoms with Crippen LogP contribution in [0.25, 0.3) is 0 Å². The molecule has 1 heterocycles. The molecule has 0 spiro atoms. The molecule has 7 heteroatoms. The van der Waals surface area contributed by atoms with E-state index in [1.165, 1.54) is 13.0 Å². The van der Waals surface area contributed by atoms with Gasteiger partial charge < -0.3 is 14.8 Å². The van der Waals surface area contributed by atoms with Gasteiger partial charge in [-0.3, -0.25) is 9.59 Å². The van der Waals surface area contributed by atoms with Crippen LogP contribution >= 0.6 is 0 Å². The van der Waals surface area contributed by atoms with Crippen molar-refractivity contribution < 1.29 is 19.1 Å². The van der Waals surface area contributed by atoms with E-state index in [0.717, 1.165) is 11.4 Å². The molecule has 0 bridgehead atoms. The summed E-state index contributed by atoms with van der Waals surface area (Å²) in [5.41, 5.74) is 2.52. The summed E-state index contributed by atoms with van der Waals surface area (Å²) >= 11 is 0. The number of amides is 1. The van der Waals surface area contributed by atoms with Crippen molar-refractivity contribution in [1.82, 2.24) is 9.97 Å². The summed E-state index contributed by atoms with van der Waals surface area (Å²) in [6, 6.07) is 15.4. The predicted octanol–water partition coefficient (Wildman–Crippen LogP) is 4.06. The molecular formula is C21H19N3O4. The molecule has 3 rings (SSSR count). The Morgan fingerprint density at radius 3 is 2.29 bits per heavy atom. The van der Waals surface area contributed by atoms with Crippen LogP contribution in [-0.4, -0.2) is 21.8 Å². The van der Waals surface area contributed by atoms with Crippen LogP contribution in [0.3, 0.4) is 0 Å². The Bertz CT molecular complexity index is 1010. The van der Waals surface area contributed by atoms with Crippen LogP contribution in [-0.2, 0) is 4.79 Å². The zero-order valence-electron chi connectivity index (χ0n) is 15.7. The average molecular weight is 377 g/mol. The number of carbonyl (C=O) groups is 2. The van der Waals surface area contributed by atoms with E-state index in [1.807, 2.05) is 19.9 Å². The summed E-state index contributed by atoms with van der Waals surface area (Å²) in [5.74, 6) is 0.0190. The van der Waals surface area contributed by atoms with Crippen LogP contribution in [0.4, 0.5) is 5.69 Å². The number of benzene rings is 2. The number of hydrogen-bond acceptors (Lipinski definition) is 6. The molecule has 0 saturated carbocycles. The molecule has 2 aromatic carbocycles. The van der Waals surface area contributed by atoms with Gasteiger partial charge in [0.15, 0.2) is 0 Å². The van der Waals surface area contributed by atoms with Crippen LogP contribution < -0.4 is 14.8 Å². The Labute approximate surface area is 162 Å². The Kier molecular flexibility index (Phi) is 5.64. The number of hydrogen-bond donors (Lipinski definition) is 1. The van der Waals surface area contributed by atoms with Crippen molar-refractivity contribution in [2.24, 2.45) is 0 Å². The highest BCUT2D eigenvalue weighted by atomic mass is 16.5. The molecule has 1 aromatic heterocycles. The summed E-state index contributed by atoms with van der Waals surface area (Å²) in [6.07, 6.45) is 0. The normalized spacial score (nSPS) is 10.2. The molecule has 0 fully saturated rings. The first-order chi connectivity index (χ1) is 13.4. The van der Waals surface area contributed by atoms with Gasteiger partial charge in [0.2, 0.25) is 0 Å². The molecule has 28 heavy (non-hydrogen) atoms. The van der Waals surface area contributed by atoms with E-state index in [9.17, 15) is 9.59 Å². The highest BCUT2D eigenvalue weighted by Gasteiger charge is 2.10. The molecule has 142 valence electrons. The molecule has 1 N–H and O–H groups in total. The van der Waals surface area contributed by atoms with Gasteiger partial charge in [-0.1, -0.05) is 12.1 Å². The van der Waals surface area contributed by atoms with E-state index in [4.69, 9.17) is 9.47 Å². The minimum Gasteiger partial charge on any atom is -0.427 e. The third kappa shape index (κ3) is 5.14. The molecule has 0 unspecified atom stereocenters. The number of esters is 1. The van der Waals surface area contributed by atoms with Crippen molar-refractivity contribution in [2.75, 3.05) is 5.32 Å². The molecule has 0 aliphatic carbocycles. The Hall–Kier alpha value is -3.74. The minimum absolute atomic E-state index is 0.245. The summed E-state index contributed by atoms with van der Waals surface area (Å²) in [6.45, 7) is 5.03. The van der Waals surface area contributed by atoms with E-state index in [-0.39, 0.29) is 11.9 Å². The first-order valence-corrected chi connectivity index (χ1v) is 8.59. The number of nitrogens with one attached hydrogen (secondary N) is 1. The maximum absolute atomic E-state index is 12.5.